The minimum absolute atomic E-state index is 0.173. The summed E-state index contributed by atoms with van der Waals surface area (Å²) in [4.78, 5) is 9.55. The molecule has 0 unspecified atom stereocenters. The van der Waals surface area contributed by atoms with Crippen molar-refractivity contribution in [1.29, 1.82) is 0 Å². The van der Waals surface area contributed by atoms with Gasteiger partial charge in [-0.05, 0) is 66.9 Å². The van der Waals surface area contributed by atoms with E-state index in [9.17, 15) is 9.50 Å². The molecule has 1 N–H and O–H groups in total. The first-order valence-electron chi connectivity index (χ1n) is 11.6. The van der Waals surface area contributed by atoms with Crippen molar-refractivity contribution in [3.05, 3.63) is 90.0 Å². The molecule has 0 amide bonds. The molecule has 5 heteroatoms. The molecule has 2 fully saturated rings. The quantitative estimate of drug-likeness (QED) is 0.653. The van der Waals surface area contributed by atoms with E-state index in [1.54, 1.807) is 0 Å². The van der Waals surface area contributed by atoms with Crippen molar-refractivity contribution in [2.75, 3.05) is 26.2 Å². The van der Waals surface area contributed by atoms with Crippen LogP contribution in [-0.2, 0) is 6.54 Å². The van der Waals surface area contributed by atoms with E-state index in [0.717, 1.165) is 49.4 Å². The Morgan fingerprint density at radius 1 is 0.906 bits per heavy atom. The third-order valence-electron chi connectivity index (χ3n) is 7.04. The molecule has 166 valence electrons. The summed E-state index contributed by atoms with van der Waals surface area (Å²) in [7, 11) is 0. The summed E-state index contributed by atoms with van der Waals surface area (Å²) in [5.41, 5.74) is 4.48. The molecule has 1 aromatic heterocycles. The molecule has 5 rings (SSSR count). The van der Waals surface area contributed by atoms with Crippen LogP contribution in [0.1, 0.15) is 30.0 Å². The van der Waals surface area contributed by atoms with Gasteiger partial charge in [0.05, 0.1) is 12.3 Å². The van der Waals surface area contributed by atoms with Gasteiger partial charge in [-0.3, -0.25) is 14.8 Å². The molecule has 0 spiro atoms. The number of fused-ring (bicyclic) bond motifs is 1. The summed E-state index contributed by atoms with van der Waals surface area (Å²) in [5.74, 6) is 0.0943. The first-order valence-corrected chi connectivity index (χ1v) is 11.6. The molecule has 3 heterocycles. The Labute approximate surface area is 189 Å². The standard InChI is InChI=1S/C27H30FN3O/c28-23-12-10-21(11-13-23)20-6-8-22(9-7-20)27-25-18-30(17-24-5-1-2-14-29-24)15-3-4-16-31(25)26(27)19-32/h1-2,5-14,25-27,32H,3-4,15-19H2/t25-,26+,27-/m1/s1. The summed E-state index contributed by atoms with van der Waals surface area (Å²) in [5, 5.41) is 10.2. The lowest BCUT2D eigenvalue weighted by molar-refractivity contribution is -0.0656. The van der Waals surface area contributed by atoms with E-state index in [0.29, 0.717) is 12.0 Å². The van der Waals surface area contributed by atoms with E-state index in [1.807, 2.05) is 24.4 Å². The number of halogens is 1. The summed E-state index contributed by atoms with van der Waals surface area (Å²) in [6.07, 6.45) is 4.19. The summed E-state index contributed by atoms with van der Waals surface area (Å²) in [6.45, 7) is 4.17. The van der Waals surface area contributed by atoms with Gasteiger partial charge in [0, 0.05) is 37.3 Å². The lowest BCUT2D eigenvalue weighted by Gasteiger charge is -2.57. The fraction of sp³-hybridized carbons (Fsp3) is 0.370. The van der Waals surface area contributed by atoms with Crippen molar-refractivity contribution in [3.8, 4) is 11.1 Å². The number of aliphatic hydroxyl groups is 1. The minimum atomic E-state index is -0.217. The number of hydrogen-bond acceptors (Lipinski definition) is 4. The van der Waals surface area contributed by atoms with E-state index in [-0.39, 0.29) is 18.5 Å². The Morgan fingerprint density at radius 3 is 2.31 bits per heavy atom. The van der Waals surface area contributed by atoms with Crippen molar-refractivity contribution in [1.82, 2.24) is 14.8 Å². The smallest absolute Gasteiger partial charge is 0.123 e. The molecule has 0 bridgehead atoms. The molecule has 0 saturated carbocycles. The first kappa shape index (κ1) is 21.3. The molecule has 4 nitrogen and oxygen atoms in total. The van der Waals surface area contributed by atoms with Gasteiger partial charge in [-0.2, -0.15) is 0 Å². The van der Waals surface area contributed by atoms with Gasteiger partial charge in [-0.15, -0.1) is 0 Å². The van der Waals surface area contributed by atoms with Gasteiger partial charge in [0.15, 0.2) is 0 Å². The number of nitrogens with zero attached hydrogens (tertiary/aromatic N) is 3. The highest BCUT2D eigenvalue weighted by atomic mass is 19.1. The van der Waals surface area contributed by atoms with Gasteiger partial charge < -0.3 is 5.11 Å². The topological polar surface area (TPSA) is 39.6 Å². The van der Waals surface area contributed by atoms with E-state index >= 15 is 0 Å². The van der Waals surface area contributed by atoms with Crippen molar-refractivity contribution in [3.63, 3.8) is 0 Å². The summed E-state index contributed by atoms with van der Waals surface area (Å²) in [6, 6.07) is 21.9. The van der Waals surface area contributed by atoms with Crippen LogP contribution >= 0.6 is 0 Å². The predicted octanol–water partition coefficient (Wildman–Crippen LogP) is 4.31. The van der Waals surface area contributed by atoms with Crippen LogP contribution in [0.3, 0.4) is 0 Å². The lowest BCUT2D eigenvalue weighted by Crippen LogP contribution is -2.67. The molecular formula is C27H30FN3O. The Balaban J connectivity index is 1.35. The van der Waals surface area contributed by atoms with Gasteiger partial charge in [-0.25, -0.2) is 4.39 Å². The van der Waals surface area contributed by atoms with Gasteiger partial charge in [0.2, 0.25) is 0 Å². The third-order valence-corrected chi connectivity index (χ3v) is 7.04. The second-order valence-corrected chi connectivity index (χ2v) is 8.97. The molecule has 2 aromatic carbocycles. The fourth-order valence-corrected chi connectivity index (χ4v) is 5.42. The number of aliphatic hydroxyl groups excluding tert-OH is 1. The molecule has 32 heavy (non-hydrogen) atoms. The molecule has 2 aliphatic rings. The highest BCUT2D eigenvalue weighted by Crippen LogP contribution is 2.42. The molecule has 2 aliphatic heterocycles. The first-order chi connectivity index (χ1) is 15.7. The van der Waals surface area contributed by atoms with Crippen molar-refractivity contribution < 1.29 is 9.50 Å². The van der Waals surface area contributed by atoms with Crippen LogP contribution in [0.25, 0.3) is 11.1 Å². The number of aromatic nitrogens is 1. The Morgan fingerprint density at radius 2 is 1.62 bits per heavy atom. The van der Waals surface area contributed by atoms with E-state index in [2.05, 4.69) is 51.2 Å². The maximum absolute atomic E-state index is 13.3. The maximum atomic E-state index is 13.3. The van der Waals surface area contributed by atoms with Crippen molar-refractivity contribution in [2.24, 2.45) is 0 Å². The van der Waals surface area contributed by atoms with Gasteiger partial charge >= 0.3 is 0 Å². The van der Waals surface area contributed by atoms with Crippen molar-refractivity contribution in [2.45, 2.75) is 37.4 Å². The SMILES string of the molecule is OC[C@H]1[C@H](c2ccc(-c3ccc(F)cc3)cc2)[C@H]2CN(Cc3ccccn3)CCCCN21. The van der Waals surface area contributed by atoms with Crippen LogP contribution < -0.4 is 0 Å². The normalized spacial score (nSPS) is 24.2. The monoisotopic (exact) mass is 431 g/mol. The average molecular weight is 432 g/mol. The van der Waals surface area contributed by atoms with Gasteiger partial charge in [0.25, 0.3) is 0 Å². The highest BCUT2D eigenvalue weighted by Gasteiger charge is 2.49. The van der Waals surface area contributed by atoms with Crippen LogP contribution in [0.4, 0.5) is 4.39 Å². The average Bonchev–Trinajstić information content (AvgIpc) is 2.81. The Bertz CT molecular complexity index is 1010. The Hall–Kier alpha value is -2.60. The highest BCUT2D eigenvalue weighted by molar-refractivity contribution is 5.63. The zero-order valence-electron chi connectivity index (χ0n) is 18.3. The maximum Gasteiger partial charge on any atom is 0.123 e. The second-order valence-electron chi connectivity index (χ2n) is 8.97. The molecule has 2 saturated heterocycles. The molecular weight excluding hydrogens is 401 g/mol. The Kier molecular flexibility index (Phi) is 6.30. The summed E-state index contributed by atoms with van der Waals surface area (Å²) < 4.78 is 13.3. The minimum Gasteiger partial charge on any atom is -0.395 e. The fourth-order valence-electron chi connectivity index (χ4n) is 5.42. The molecule has 0 aliphatic carbocycles. The zero-order chi connectivity index (χ0) is 21.9. The van der Waals surface area contributed by atoms with Crippen LogP contribution in [0, 0.1) is 5.82 Å². The number of pyridine rings is 1. The summed E-state index contributed by atoms with van der Waals surface area (Å²) >= 11 is 0. The van der Waals surface area contributed by atoms with Crippen LogP contribution in [-0.4, -0.2) is 58.2 Å². The number of hydrogen-bond donors (Lipinski definition) is 1. The van der Waals surface area contributed by atoms with Gasteiger partial charge in [-0.1, -0.05) is 42.5 Å². The number of rotatable bonds is 5. The van der Waals surface area contributed by atoms with E-state index in [1.165, 1.54) is 24.1 Å². The van der Waals surface area contributed by atoms with Gasteiger partial charge in [0.1, 0.15) is 5.82 Å². The number of benzene rings is 2. The lowest BCUT2D eigenvalue weighted by atomic mass is 9.74. The van der Waals surface area contributed by atoms with Crippen LogP contribution in [0.5, 0.6) is 0 Å². The van der Waals surface area contributed by atoms with E-state index in [4.69, 9.17) is 0 Å². The predicted molar refractivity (Wildman–Crippen MR) is 125 cm³/mol. The zero-order valence-corrected chi connectivity index (χ0v) is 18.3. The second kappa shape index (κ2) is 9.49. The third kappa shape index (κ3) is 4.33. The molecule has 3 aromatic rings. The van der Waals surface area contributed by atoms with Crippen molar-refractivity contribution >= 4 is 0 Å². The van der Waals surface area contributed by atoms with Crippen LogP contribution in [0.2, 0.25) is 0 Å². The molecule has 3 atom stereocenters. The molecule has 0 radical (unpaired) electrons. The van der Waals surface area contributed by atoms with E-state index < -0.39 is 0 Å². The largest absolute Gasteiger partial charge is 0.395 e. The van der Waals surface area contributed by atoms with Crippen LogP contribution in [0.15, 0.2) is 72.9 Å².